The normalized spacial score (nSPS) is 11.8. The van der Waals surface area contributed by atoms with Crippen molar-refractivity contribution in [1.82, 2.24) is 5.32 Å². The van der Waals surface area contributed by atoms with Crippen LogP contribution < -0.4 is 10.6 Å². The van der Waals surface area contributed by atoms with Gasteiger partial charge in [-0.2, -0.15) is 0 Å². The average Bonchev–Trinajstić information content (AvgIpc) is 2.39. The molecule has 5 heteroatoms. The van der Waals surface area contributed by atoms with Crippen molar-refractivity contribution >= 4 is 28.5 Å². The van der Waals surface area contributed by atoms with Crippen LogP contribution in [0.3, 0.4) is 0 Å². The lowest BCUT2D eigenvalue weighted by Crippen LogP contribution is -2.40. The summed E-state index contributed by atoms with van der Waals surface area (Å²) in [7, 11) is 0. The van der Waals surface area contributed by atoms with Crippen molar-refractivity contribution in [3.63, 3.8) is 0 Å². The maximum absolute atomic E-state index is 11.7. The van der Waals surface area contributed by atoms with Crippen LogP contribution >= 0.6 is 0 Å². The molecule has 5 nitrogen and oxygen atoms in total. The highest BCUT2D eigenvalue weighted by Crippen LogP contribution is 2.22. The van der Waals surface area contributed by atoms with Gasteiger partial charge < -0.3 is 15.7 Å². The van der Waals surface area contributed by atoms with E-state index in [-0.39, 0.29) is 0 Å². The van der Waals surface area contributed by atoms with Gasteiger partial charge in [-0.25, -0.2) is 4.79 Å². The average molecular weight is 258 g/mol. The molecule has 2 rings (SSSR count). The molecule has 2 amide bonds. The van der Waals surface area contributed by atoms with Crippen LogP contribution in [0.15, 0.2) is 42.5 Å². The number of aliphatic carboxylic acids is 1. The molecular formula is C14H14N2O3. The van der Waals surface area contributed by atoms with Gasteiger partial charge in [-0.3, -0.25) is 4.79 Å². The van der Waals surface area contributed by atoms with Gasteiger partial charge in [0.25, 0.3) is 0 Å². The summed E-state index contributed by atoms with van der Waals surface area (Å²) in [5, 5.41) is 15.6. The number of carbonyl (C=O) groups is 2. The molecule has 3 N–H and O–H groups in total. The van der Waals surface area contributed by atoms with Crippen LogP contribution in [0.1, 0.15) is 6.92 Å². The maximum atomic E-state index is 11.7. The predicted molar refractivity (Wildman–Crippen MR) is 73.2 cm³/mol. The Hall–Kier alpha value is -2.56. The molecule has 0 spiro atoms. The fourth-order valence-corrected chi connectivity index (χ4v) is 1.75. The number of carboxylic acid groups (broad SMARTS) is 1. The number of anilines is 1. The Bertz CT molecular complexity index is 620. The summed E-state index contributed by atoms with van der Waals surface area (Å²) in [4.78, 5) is 22.3. The summed E-state index contributed by atoms with van der Waals surface area (Å²) in [6, 6.07) is 11.7. The SMILES string of the molecule is C[C@H](NC(=O)Nc1cccc2ccccc12)C(=O)O. The fraction of sp³-hybridized carbons (Fsp3) is 0.143. The first-order chi connectivity index (χ1) is 9.08. The van der Waals surface area contributed by atoms with Crippen LogP contribution in [0, 0.1) is 0 Å². The van der Waals surface area contributed by atoms with Crippen molar-refractivity contribution in [2.24, 2.45) is 0 Å². The number of carboxylic acids is 1. The minimum atomic E-state index is -1.08. The van der Waals surface area contributed by atoms with Gasteiger partial charge in [0.15, 0.2) is 0 Å². The highest BCUT2D eigenvalue weighted by molar-refractivity contribution is 6.02. The third-order valence-corrected chi connectivity index (χ3v) is 2.76. The highest BCUT2D eigenvalue weighted by Gasteiger charge is 2.14. The number of benzene rings is 2. The summed E-state index contributed by atoms with van der Waals surface area (Å²) in [6.45, 7) is 1.41. The first-order valence-corrected chi connectivity index (χ1v) is 5.86. The summed E-state index contributed by atoms with van der Waals surface area (Å²) < 4.78 is 0. The molecule has 19 heavy (non-hydrogen) atoms. The number of rotatable bonds is 3. The summed E-state index contributed by atoms with van der Waals surface area (Å²) in [5.74, 6) is -1.08. The van der Waals surface area contributed by atoms with Crippen molar-refractivity contribution in [3.05, 3.63) is 42.5 Å². The number of nitrogens with one attached hydrogen (secondary N) is 2. The number of fused-ring (bicyclic) bond motifs is 1. The standard InChI is InChI=1S/C14H14N2O3/c1-9(13(17)18)15-14(19)16-12-8-4-6-10-5-2-3-7-11(10)12/h2-9H,1H3,(H,17,18)(H2,15,16,19)/t9-/m0/s1. The van der Waals surface area contributed by atoms with E-state index in [9.17, 15) is 9.59 Å². The van der Waals surface area contributed by atoms with E-state index in [1.165, 1.54) is 6.92 Å². The van der Waals surface area contributed by atoms with Gasteiger partial charge >= 0.3 is 12.0 Å². The summed E-state index contributed by atoms with van der Waals surface area (Å²) in [6.07, 6.45) is 0. The zero-order valence-electron chi connectivity index (χ0n) is 10.4. The minimum absolute atomic E-state index is 0.536. The molecule has 0 aliphatic carbocycles. The third-order valence-electron chi connectivity index (χ3n) is 2.76. The van der Waals surface area contributed by atoms with Gasteiger partial charge in [-0.05, 0) is 18.4 Å². The second kappa shape index (κ2) is 5.39. The van der Waals surface area contributed by atoms with Gasteiger partial charge in [0, 0.05) is 5.39 Å². The molecule has 0 fully saturated rings. The van der Waals surface area contributed by atoms with Crippen molar-refractivity contribution in [1.29, 1.82) is 0 Å². The first-order valence-electron chi connectivity index (χ1n) is 5.86. The summed E-state index contributed by atoms with van der Waals surface area (Å²) in [5.41, 5.74) is 0.646. The van der Waals surface area contributed by atoms with Gasteiger partial charge in [-0.1, -0.05) is 36.4 Å². The highest BCUT2D eigenvalue weighted by atomic mass is 16.4. The van der Waals surface area contributed by atoms with Crippen molar-refractivity contribution in [2.45, 2.75) is 13.0 Å². The Morgan fingerprint density at radius 1 is 1.11 bits per heavy atom. The lowest BCUT2D eigenvalue weighted by molar-refractivity contribution is -0.138. The van der Waals surface area contributed by atoms with Crippen LogP contribution in [0.25, 0.3) is 10.8 Å². The van der Waals surface area contributed by atoms with Crippen LogP contribution in [0.5, 0.6) is 0 Å². The molecule has 0 aliphatic rings. The molecule has 1 atom stereocenters. The second-order valence-electron chi connectivity index (χ2n) is 4.19. The molecular weight excluding hydrogens is 244 g/mol. The van der Waals surface area contributed by atoms with Gasteiger partial charge in [-0.15, -0.1) is 0 Å². The monoisotopic (exact) mass is 258 g/mol. The topological polar surface area (TPSA) is 78.4 Å². The van der Waals surface area contributed by atoms with Crippen LogP contribution in [0.2, 0.25) is 0 Å². The van der Waals surface area contributed by atoms with E-state index in [1.807, 2.05) is 36.4 Å². The smallest absolute Gasteiger partial charge is 0.325 e. The fourth-order valence-electron chi connectivity index (χ4n) is 1.75. The minimum Gasteiger partial charge on any atom is -0.480 e. The molecule has 2 aromatic rings. The number of hydrogen-bond donors (Lipinski definition) is 3. The lowest BCUT2D eigenvalue weighted by Gasteiger charge is -2.12. The van der Waals surface area contributed by atoms with E-state index >= 15 is 0 Å². The predicted octanol–water partition coefficient (Wildman–Crippen LogP) is 2.43. The van der Waals surface area contributed by atoms with Crippen molar-refractivity contribution in [3.8, 4) is 0 Å². The van der Waals surface area contributed by atoms with Gasteiger partial charge in [0.05, 0.1) is 5.69 Å². The Balaban J connectivity index is 2.17. The zero-order chi connectivity index (χ0) is 13.8. The van der Waals surface area contributed by atoms with E-state index in [2.05, 4.69) is 10.6 Å². The maximum Gasteiger partial charge on any atom is 0.325 e. The third kappa shape index (κ3) is 3.01. The van der Waals surface area contributed by atoms with E-state index < -0.39 is 18.0 Å². The molecule has 0 radical (unpaired) electrons. The van der Waals surface area contributed by atoms with Crippen molar-refractivity contribution in [2.75, 3.05) is 5.32 Å². The van der Waals surface area contributed by atoms with Crippen LogP contribution in [-0.2, 0) is 4.79 Å². The Morgan fingerprint density at radius 2 is 1.79 bits per heavy atom. The molecule has 0 heterocycles. The molecule has 98 valence electrons. The molecule has 0 aromatic heterocycles. The van der Waals surface area contributed by atoms with Crippen LogP contribution in [0.4, 0.5) is 10.5 Å². The lowest BCUT2D eigenvalue weighted by atomic mass is 10.1. The molecule has 0 saturated heterocycles. The first kappa shape index (κ1) is 12.9. The largest absolute Gasteiger partial charge is 0.480 e. The number of carbonyl (C=O) groups excluding carboxylic acids is 1. The zero-order valence-corrected chi connectivity index (χ0v) is 10.4. The van der Waals surface area contributed by atoms with E-state index in [4.69, 9.17) is 5.11 Å². The second-order valence-corrected chi connectivity index (χ2v) is 4.19. The van der Waals surface area contributed by atoms with E-state index in [0.29, 0.717) is 5.69 Å². The number of amides is 2. The van der Waals surface area contributed by atoms with Gasteiger partial charge in [0.2, 0.25) is 0 Å². The molecule has 0 unspecified atom stereocenters. The quantitative estimate of drug-likeness (QED) is 0.791. The molecule has 2 aromatic carbocycles. The number of urea groups is 1. The number of hydrogen-bond acceptors (Lipinski definition) is 2. The summed E-state index contributed by atoms with van der Waals surface area (Å²) >= 11 is 0. The van der Waals surface area contributed by atoms with E-state index in [1.54, 1.807) is 6.07 Å². The van der Waals surface area contributed by atoms with Crippen LogP contribution in [-0.4, -0.2) is 23.1 Å². The molecule has 0 saturated carbocycles. The molecule has 0 aliphatic heterocycles. The van der Waals surface area contributed by atoms with Crippen molar-refractivity contribution < 1.29 is 14.7 Å². The Labute approximate surface area is 110 Å². The Kier molecular flexibility index (Phi) is 3.66. The Morgan fingerprint density at radius 3 is 2.53 bits per heavy atom. The molecule has 0 bridgehead atoms. The van der Waals surface area contributed by atoms with E-state index in [0.717, 1.165) is 10.8 Å². The van der Waals surface area contributed by atoms with Gasteiger partial charge in [0.1, 0.15) is 6.04 Å².